The third kappa shape index (κ3) is 5.90. The summed E-state index contributed by atoms with van der Waals surface area (Å²) in [4.78, 5) is 45.2. The first-order valence-electron chi connectivity index (χ1n) is 7.19. The summed E-state index contributed by atoms with van der Waals surface area (Å²) < 4.78 is 25.1. The van der Waals surface area contributed by atoms with Gasteiger partial charge < -0.3 is 23.7 Å². The highest BCUT2D eigenvalue weighted by Gasteiger charge is 2.41. The lowest BCUT2D eigenvalue weighted by molar-refractivity contribution is -0.179. The van der Waals surface area contributed by atoms with E-state index in [0.29, 0.717) is 0 Å². The largest absolute Gasteiger partial charge is 0.479 e. The minimum atomic E-state index is -1.03. The van der Waals surface area contributed by atoms with Gasteiger partial charge in [-0.15, -0.1) is 0 Å². The molecule has 0 bridgehead atoms. The summed E-state index contributed by atoms with van der Waals surface area (Å²) in [5, 5.41) is 0. The van der Waals surface area contributed by atoms with Gasteiger partial charge in [-0.3, -0.25) is 14.4 Å². The molecule has 0 saturated heterocycles. The third-order valence-corrected chi connectivity index (χ3v) is 2.98. The van der Waals surface area contributed by atoms with Crippen LogP contribution < -0.4 is 0 Å². The second-order valence-corrected chi connectivity index (χ2v) is 4.96. The van der Waals surface area contributed by atoms with Gasteiger partial charge in [0.2, 0.25) is 5.76 Å². The molecule has 0 saturated carbocycles. The molecule has 24 heavy (non-hydrogen) atoms. The number of rotatable bonds is 6. The molecule has 1 heterocycles. The lowest BCUT2D eigenvalue weighted by Crippen LogP contribution is -2.47. The zero-order valence-electron chi connectivity index (χ0n) is 13.9. The van der Waals surface area contributed by atoms with Crippen molar-refractivity contribution in [1.29, 1.82) is 0 Å². The minimum Gasteiger partial charge on any atom is -0.479 e. The minimum absolute atomic E-state index is 0.0288. The Morgan fingerprint density at radius 3 is 2.17 bits per heavy atom. The molecule has 0 fully saturated rings. The van der Waals surface area contributed by atoms with E-state index in [2.05, 4.69) is 4.74 Å². The van der Waals surface area contributed by atoms with Gasteiger partial charge in [0.1, 0.15) is 6.10 Å². The van der Waals surface area contributed by atoms with Crippen molar-refractivity contribution in [3.63, 3.8) is 0 Å². The highest BCUT2D eigenvalue weighted by molar-refractivity contribution is 5.86. The molecular weight excluding hydrogens is 324 g/mol. The molecule has 1 aliphatic heterocycles. The van der Waals surface area contributed by atoms with Crippen molar-refractivity contribution in [1.82, 2.24) is 0 Å². The van der Waals surface area contributed by atoms with Gasteiger partial charge >= 0.3 is 23.9 Å². The van der Waals surface area contributed by atoms with Gasteiger partial charge in [-0.2, -0.15) is 0 Å². The second-order valence-electron chi connectivity index (χ2n) is 4.96. The van der Waals surface area contributed by atoms with Crippen LogP contribution in [0.5, 0.6) is 0 Å². The van der Waals surface area contributed by atoms with Crippen LogP contribution in [0.1, 0.15) is 27.2 Å². The maximum atomic E-state index is 11.7. The molecule has 0 aromatic rings. The highest BCUT2D eigenvalue weighted by Crippen LogP contribution is 2.26. The zero-order chi connectivity index (χ0) is 18.3. The predicted molar refractivity (Wildman–Crippen MR) is 77.3 cm³/mol. The van der Waals surface area contributed by atoms with E-state index < -0.39 is 42.2 Å². The Labute approximate surface area is 138 Å². The molecule has 1 aliphatic rings. The Morgan fingerprint density at radius 1 is 1.04 bits per heavy atom. The third-order valence-electron chi connectivity index (χ3n) is 2.98. The molecule has 0 N–H and O–H groups in total. The fraction of sp³-hybridized carbons (Fsp3) is 0.600. The lowest BCUT2D eigenvalue weighted by atomic mass is 10.0. The molecule has 9 heteroatoms. The van der Waals surface area contributed by atoms with E-state index in [0.717, 1.165) is 0 Å². The fourth-order valence-electron chi connectivity index (χ4n) is 2.11. The van der Waals surface area contributed by atoms with Crippen molar-refractivity contribution in [2.24, 2.45) is 0 Å². The molecule has 134 valence electrons. The van der Waals surface area contributed by atoms with Crippen LogP contribution >= 0.6 is 0 Å². The van der Waals surface area contributed by atoms with Crippen LogP contribution in [0.4, 0.5) is 0 Å². The number of hydrogen-bond acceptors (Lipinski definition) is 9. The maximum Gasteiger partial charge on any atom is 0.373 e. The molecule has 0 radical (unpaired) electrons. The van der Waals surface area contributed by atoms with E-state index in [1.165, 1.54) is 34.0 Å². The Morgan fingerprint density at radius 2 is 1.67 bits per heavy atom. The molecule has 0 spiro atoms. The first-order valence-corrected chi connectivity index (χ1v) is 7.19. The fourth-order valence-corrected chi connectivity index (χ4v) is 2.11. The van der Waals surface area contributed by atoms with Crippen molar-refractivity contribution in [2.75, 3.05) is 13.7 Å². The first-order chi connectivity index (χ1) is 11.2. The average molecular weight is 344 g/mol. The molecule has 1 rings (SSSR count). The number of esters is 4. The lowest BCUT2D eigenvalue weighted by Gasteiger charge is -2.35. The van der Waals surface area contributed by atoms with E-state index in [4.69, 9.17) is 18.9 Å². The van der Waals surface area contributed by atoms with Gasteiger partial charge in [0.05, 0.1) is 13.7 Å². The Kier molecular flexibility index (Phi) is 7.22. The van der Waals surface area contributed by atoms with Gasteiger partial charge in [-0.25, -0.2) is 4.79 Å². The Balaban J connectivity index is 3.03. The second kappa shape index (κ2) is 8.90. The molecule has 0 amide bonds. The molecule has 0 aliphatic carbocycles. The summed E-state index contributed by atoms with van der Waals surface area (Å²) in [5.41, 5.74) is 0. The van der Waals surface area contributed by atoms with Crippen LogP contribution in [0.25, 0.3) is 0 Å². The predicted octanol–water partition coefficient (Wildman–Crippen LogP) is 0.259. The first kappa shape index (κ1) is 19.5. The molecule has 1 unspecified atom stereocenters. The van der Waals surface area contributed by atoms with E-state index >= 15 is 0 Å². The van der Waals surface area contributed by atoms with E-state index in [-0.39, 0.29) is 18.8 Å². The summed E-state index contributed by atoms with van der Waals surface area (Å²) >= 11 is 0. The van der Waals surface area contributed by atoms with E-state index in [9.17, 15) is 19.2 Å². The van der Waals surface area contributed by atoms with Gasteiger partial charge in [0, 0.05) is 33.3 Å². The van der Waals surface area contributed by atoms with Gasteiger partial charge in [0.25, 0.3) is 0 Å². The van der Waals surface area contributed by atoms with Crippen LogP contribution in [0.15, 0.2) is 11.8 Å². The number of methoxy groups -OCH3 is 1. The molecule has 3 atom stereocenters. The van der Waals surface area contributed by atoms with Gasteiger partial charge in [-0.1, -0.05) is 0 Å². The quantitative estimate of drug-likeness (QED) is 0.494. The smallest absolute Gasteiger partial charge is 0.373 e. The Hall–Kier alpha value is -2.58. The summed E-state index contributed by atoms with van der Waals surface area (Å²) in [5.74, 6) is -2.69. The van der Waals surface area contributed by atoms with Crippen LogP contribution in [-0.2, 0) is 42.9 Å². The van der Waals surface area contributed by atoms with Crippen LogP contribution in [0, 0.1) is 0 Å². The summed E-state index contributed by atoms with van der Waals surface area (Å²) in [6.07, 6.45) is -1.56. The van der Waals surface area contributed by atoms with Crippen LogP contribution in [0.2, 0.25) is 0 Å². The van der Waals surface area contributed by atoms with Crippen molar-refractivity contribution >= 4 is 23.9 Å². The average Bonchev–Trinajstić information content (AvgIpc) is 2.47. The molecule has 0 aromatic heterocycles. The molecule has 9 nitrogen and oxygen atoms in total. The standard InChI is InChI=1S/C15H20O9/c1-8(16)21-6-5-11-14(23-10(3)18)12(22-9(2)17)7-13(24-11)15(19)20-4/h7,11-12,14H,5-6H2,1-4H3/t11?,12-,14+/m1/s1. The topological polar surface area (TPSA) is 114 Å². The maximum absolute atomic E-state index is 11.7. The van der Waals surface area contributed by atoms with Crippen molar-refractivity contribution in [3.05, 3.63) is 11.8 Å². The molecule has 0 aromatic carbocycles. The summed E-state index contributed by atoms with van der Waals surface area (Å²) in [6.45, 7) is 3.58. The summed E-state index contributed by atoms with van der Waals surface area (Å²) in [7, 11) is 1.17. The SMILES string of the molecule is COC(=O)C1=C[C@@H](OC(C)=O)[C@@H](OC(C)=O)C(CCOC(C)=O)O1. The van der Waals surface area contributed by atoms with Crippen molar-refractivity contribution in [2.45, 2.75) is 45.5 Å². The highest BCUT2D eigenvalue weighted by atomic mass is 16.6. The van der Waals surface area contributed by atoms with Crippen molar-refractivity contribution in [3.8, 4) is 0 Å². The number of carbonyl (C=O) groups excluding carboxylic acids is 4. The number of hydrogen-bond donors (Lipinski definition) is 0. The number of ether oxygens (including phenoxy) is 5. The normalized spacial score (nSPS) is 22.5. The monoisotopic (exact) mass is 344 g/mol. The van der Waals surface area contributed by atoms with Crippen LogP contribution in [-0.4, -0.2) is 55.9 Å². The zero-order valence-corrected chi connectivity index (χ0v) is 13.9. The van der Waals surface area contributed by atoms with Gasteiger partial charge in [-0.05, 0) is 0 Å². The van der Waals surface area contributed by atoms with Crippen LogP contribution in [0.3, 0.4) is 0 Å². The molecular formula is C15H20O9. The van der Waals surface area contributed by atoms with E-state index in [1.54, 1.807) is 0 Å². The summed E-state index contributed by atoms with van der Waals surface area (Å²) in [6, 6.07) is 0. The van der Waals surface area contributed by atoms with Gasteiger partial charge in [0.15, 0.2) is 12.2 Å². The Bertz CT molecular complexity index is 537. The number of carbonyl (C=O) groups is 4. The van der Waals surface area contributed by atoms with E-state index in [1.807, 2.05) is 0 Å². The van der Waals surface area contributed by atoms with Crippen molar-refractivity contribution < 1.29 is 42.9 Å².